The molecule has 0 aliphatic carbocycles. The van der Waals surface area contributed by atoms with Crippen molar-refractivity contribution >= 4 is 40.2 Å². The fourth-order valence-corrected chi connectivity index (χ4v) is 3.30. The van der Waals surface area contributed by atoms with E-state index in [1.807, 2.05) is 19.1 Å². The Morgan fingerprint density at radius 2 is 2.00 bits per heavy atom. The summed E-state index contributed by atoms with van der Waals surface area (Å²) >= 11 is 13.3. The van der Waals surface area contributed by atoms with Crippen molar-refractivity contribution < 1.29 is 4.39 Å². The van der Waals surface area contributed by atoms with E-state index < -0.39 is 0 Å². The van der Waals surface area contributed by atoms with Crippen molar-refractivity contribution in [3.8, 4) is 0 Å². The van der Waals surface area contributed by atoms with Crippen LogP contribution in [-0.4, -0.2) is 0 Å². The zero-order valence-electron chi connectivity index (χ0n) is 9.93. The third-order valence-corrected chi connectivity index (χ3v) is 4.22. The molecular weight excluding hydrogens is 292 g/mol. The highest BCUT2D eigenvalue weighted by Gasteiger charge is 2.13. The Kier molecular flexibility index (Phi) is 4.15. The SMILES string of the molecule is Cc1ccc(NC(C)c2cc(Cl)sc2Cl)cc1F. The number of hydrogen-bond donors (Lipinski definition) is 1. The lowest BCUT2D eigenvalue weighted by Crippen LogP contribution is -2.06. The monoisotopic (exact) mass is 303 g/mol. The Balaban J connectivity index is 2.18. The van der Waals surface area contributed by atoms with E-state index in [4.69, 9.17) is 23.2 Å². The molecule has 1 aromatic heterocycles. The molecule has 2 aromatic rings. The van der Waals surface area contributed by atoms with Gasteiger partial charge >= 0.3 is 0 Å². The van der Waals surface area contributed by atoms with Gasteiger partial charge in [0.1, 0.15) is 5.82 Å². The van der Waals surface area contributed by atoms with Crippen molar-refractivity contribution in [3.63, 3.8) is 0 Å². The van der Waals surface area contributed by atoms with Crippen LogP contribution in [0.2, 0.25) is 8.67 Å². The molecule has 0 saturated heterocycles. The molecular formula is C13H12Cl2FNS. The van der Waals surface area contributed by atoms with Crippen molar-refractivity contribution in [2.75, 3.05) is 5.32 Å². The number of aryl methyl sites for hydroxylation is 1. The molecule has 0 amide bonds. The number of hydrogen-bond acceptors (Lipinski definition) is 2. The molecule has 0 aliphatic heterocycles. The van der Waals surface area contributed by atoms with Gasteiger partial charge in [-0.2, -0.15) is 0 Å². The fourth-order valence-electron chi connectivity index (χ4n) is 1.66. The van der Waals surface area contributed by atoms with Crippen molar-refractivity contribution in [1.29, 1.82) is 0 Å². The molecule has 2 rings (SSSR count). The summed E-state index contributed by atoms with van der Waals surface area (Å²) in [6.07, 6.45) is 0. The van der Waals surface area contributed by atoms with Crippen LogP contribution in [0.25, 0.3) is 0 Å². The van der Waals surface area contributed by atoms with Gasteiger partial charge < -0.3 is 5.32 Å². The third-order valence-electron chi connectivity index (χ3n) is 2.70. The molecule has 1 nitrogen and oxygen atoms in total. The van der Waals surface area contributed by atoms with Crippen LogP contribution in [0.15, 0.2) is 24.3 Å². The molecule has 5 heteroatoms. The van der Waals surface area contributed by atoms with Gasteiger partial charge in [-0.3, -0.25) is 0 Å². The first-order valence-corrected chi connectivity index (χ1v) is 7.02. The summed E-state index contributed by atoms with van der Waals surface area (Å²) < 4.78 is 14.7. The average Bonchev–Trinajstić information content (AvgIpc) is 2.63. The number of thiophene rings is 1. The second kappa shape index (κ2) is 5.47. The lowest BCUT2D eigenvalue weighted by Gasteiger charge is -2.15. The molecule has 1 aromatic carbocycles. The van der Waals surface area contributed by atoms with Gasteiger partial charge in [-0.1, -0.05) is 29.3 Å². The molecule has 1 unspecified atom stereocenters. The topological polar surface area (TPSA) is 12.0 Å². The fraction of sp³-hybridized carbons (Fsp3) is 0.231. The lowest BCUT2D eigenvalue weighted by molar-refractivity contribution is 0.618. The van der Waals surface area contributed by atoms with Crippen LogP contribution in [0.1, 0.15) is 24.1 Å². The van der Waals surface area contributed by atoms with Gasteiger partial charge in [-0.15, -0.1) is 11.3 Å². The first-order valence-electron chi connectivity index (χ1n) is 5.45. The Hall–Kier alpha value is -0.770. The zero-order valence-corrected chi connectivity index (χ0v) is 12.3. The Morgan fingerprint density at radius 3 is 2.56 bits per heavy atom. The summed E-state index contributed by atoms with van der Waals surface area (Å²) in [6, 6.07) is 6.87. The van der Waals surface area contributed by atoms with Gasteiger partial charge in [0.15, 0.2) is 0 Å². The molecule has 96 valence electrons. The summed E-state index contributed by atoms with van der Waals surface area (Å²) in [4.78, 5) is 0. The van der Waals surface area contributed by atoms with Crippen molar-refractivity contribution in [2.45, 2.75) is 19.9 Å². The molecule has 1 N–H and O–H groups in total. The van der Waals surface area contributed by atoms with E-state index in [1.54, 1.807) is 13.0 Å². The molecule has 1 heterocycles. The largest absolute Gasteiger partial charge is 0.378 e. The van der Waals surface area contributed by atoms with Crippen LogP contribution in [0.3, 0.4) is 0 Å². The second-order valence-corrected chi connectivity index (χ2v) is 6.40. The van der Waals surface area contributed by atoms with Gasteiger partial charge in [0, 0.05) is 11.3 Å². The molecule has 0 saturated carbocycles. The maximum absolute atomic E-state index is 13.4. The smallest absolute Gasteiger partial charge is 0.128 e. The van der Waals surface area contributed by atoms with Gasteiger partial charge in [0.25, 0.3) is 0 Å². The van der Waals surface area contributed by atoms with E-state index in [9.17, 15) is 4.39 Å². The number of benzene rings is 1. The number of halogens is 3. The maximum atomic E-state index is 13.4. The maximum Gasteiger partial charge on any atom is 0.128 e. The van der Waals surface area contributed by atoms with E-state index in [1.165, 1.54) is 17.4 Å². The molecule has 18 heavy (non-hydrogen) atoms. The van der Waals surface area contributed by atoms with Crippen LogP contribution in [0.5, 0.6) is 0 Å². The minimum atomic E-state index is -0.221. The van der Waals surface area contributed by atoms with E-state index in [2.05, 4.69) is 5.32 Å². The standard InChI is InChI=1S/C13H12Cl2FNS/c1-7-3-4-9(5-11(7)16)17-8(2)10-6-12(14)18-13(10)15/h3-6,8,17H,1-2H3. The number of anilines is 1. The van der Waals surface area contributed by atoms with Gasteiger partial charge in [0.2, 0.25) is 0 Å². The van der Waals surface area contributed by atoms with E-state index >= 15 is 0 Å². The molecule has 0 bridgehead atoms. The molecule has 0 radical (unpaired) electrons. The highest BCUT2D eigenvalue weighted by atomic mass is 35.5. The normalized spacial score (nSPS) is 12.5. The van der Waals surface area contributed by atoms with E-state index in [-0.39, 0.29) is 11.9 Å². The highest BCUT2D eigenvalue weighted by molar-refractivity contribution is 7.20. The average molecular weight is 304 g/mol. The Bertz CT molecular complexity index is 568. The van der Waals surface area contributed by atoms with Gasteiger partial charge in [-0.25, -0.2) is 4.39 Å². The van der Waals surface area contributed by atoms with Gasteiger partial charge in [-0.05, 0) is 37.6 Å². The first kappa shape index (κ1) is 13.7. The lowest BCUT2D eigenvalue weighted by atomic mass is 10.1. The van der Waals surface area contributed by atoms with Crippen molar-refractivity contribution in [2.24, 2.45) is 0 Å². The predicted octanol–water partition coefficient (Wildman–Crippen LogP) is 5.68. The number of rotatable bonds is 3. The van der Waals surface area contributed by atoms with Crippen LogP contribution in [-0.2, 0) is 0 Å². The minimum Gasteiger partial charge on any atom is -0.378 e. The number of nitrogens with one attached hydrogen (secondary N) is 1. The molecule has 0 aliphatic rings. The molecule has 1 atom stereocenters. The third kappa shape index (κ3) is 2.97. The van der Waals surface area contributed by atoms with Crippen LogP contribution < -0.4 is 5.32 Å². The summed E-state index contributed by atoms with van der Waals surface area (Å²) in [5, 5.41) is 3.20. The van der Waals surface area contributed by atoms with Crippen molar-refractivity contribution in [3.05, 3.63) is 49.9 Å². The second-order valence-electron chi connectivity index (χ2n) is 4.11. The van der Waals surface area contributed by atoms with Crippen LogP contribution in [0, 0.1) is 12.7 Å². The summed E-state index contributed by atoms with van der Waals surface area (Å²) in [5.41, 5.74) is 2.28. The van der Waals surface area contributed by atoms with E-state index in [0.29, 0.717) is 14.2 Å². The summed E-state index contributed by atoms with van der Waals surface area (Å²) in [6.45, 7) is 3.69. The molecule has 0 spiro atoms. The Morgan fingerprint density at radius 1 is 1.28 bits per heavy atom. The van der Waals surface area contributed by atoms with Gasteiger partial charge in [0.05, 0.1) is 14.7 Å². The minimum absolute atomic E-state index is 0.0247. The summed E-state index contributed by atoms with van der Waals surface area (Å²) in [7, 11) is 0. The zero-order chi connectivity index (χ0) is 13.3. The van der Waals surface area contributed by atoms with Crippen LogP contribution >= 0.6 is 34.5 Å². The quantitative estimate of drug-likeness (QED) is 0.769. The predicted molar refractivity (Wildman–Crippen MR) is 77.5 cm³/mol. The highest BCUT2D eigenvalue weighted by Crippen LogP contribution is 2.36. The van der Waals surface area contributed by atoms with Crippen LogP contribution in [0.4, 0.5) is 10.1 Å². The van der Waals surface area contributed by atoms with Crippen molar-refractivity contribution in [1.82, 2.24) is 0 Å². The first-order chi connectivity index (χ1) is 8.47. The molecule has 0 fully saturated rings. The summed E-state index contributed by atoms with van der Waals surface area (Å²) in [5.74, 6) is -0.221. The Labute approximate surface area is 120 Å². The van der Waals surface area contributed by atoms with E-state index in [0.717, 1.165) is 11.3 Å².